The minimum atomic E-state index is -1.05. The third-order valence-corrected chi connectivity index (χ3v) is 5.83. The van der Waals surface area contributed by atoms with Gasteiger partial charge < -0.3 is 9.84 Å². The summed E-state index contributed by atoms with van der Waals surface area (Å²) in [5, 5.41) is 9.30. The van der Waals surface area contributed by atoms with Gasteiger partial charge in [0.2, 0.25) is 0 Å². The number of benzene rings is 3. The lowest BCUT2D eigenvalue weighted by atomic mass is 9.84. The molecule has 0 radical (unpaired) electrons. The van der Waals surface area contributed by atoms with Crippen LogP contribution in [-0.4, -0.2) is 24.4 Å². The van der Waals surface area contributed by atoms with Crippen LogP contribution in [0.15, 0.2) is 60.7 Å². The zero-order chi connectivity index (χ0) is 23.6. The van der Waals surface area contributed by atoms with Crippen molar-refractivity contribution in [2.75, 3.05) is 18.1 Å². The predicted molar refractivity (Wildman–Crippen MR) is 115 cm³/mol. The average Bonchev–Trinajstić information content (AvgIpc) is 2.79. The Morgan fingerprint density at radius 1 is 0.879 bits per heavy atom. The van der Waals surface area contributed by atoms with Crippen molar-refractivity contribution in [2.24, 2.45) is 0 Å². The van der Waals surface area contributed by atoms with E-state index in [1.807, 2.05) is 0 Å². The number of hydrogen-bond donors (Lipinski definition) is 1. The first-order valence-electron chi connectivity index (χ1n) is 10.5. The second kappa shape index (κ2) is 9.23. The second-order valence-electron chi connectivity index (χ2n) is 7.89. The number of hydrogen-bond acceptors (Lipinski definition) is 3. The number of ether oxygens (including phenoxy) is 1. The van der Waals surface area contributed by atoms with Crippen molar-refractivity contribution in [3.05, 3.63) is 89.5 Å². The first-order valence-corrected chi connectivity index (χ1v) is 10.5. The number of carbonyl (C=O) groups excluding carboxylic acids is 1. The van der Waals surface area contributed by atoms with Crippen LogP contribution in [0.25, 0.3) is 11.1 Å². The van der Waals surface area contributed by atoms with E-state index in [4.69, 9.17) is 4.74 Å². The molecule has 1 amide bonds. The molecule has 1 unspecified atom stereocenters. The van der Waals surface area contributed by atoms with Crippen molar-refractivity contribution < 1.29 is 32.2 Å². The van der Waals surface area contributed by atoms with Crippen molar-refractivity contribution in [2.45, 2.75) is 24.9 Å². The Hall–Kier alpha value is -3.39. The van der Waals surface area contributed by atoms with Crippen LogP contribution in [0.2, 0.25) is 0 Å². The zero-order valence-corrected chi connectivity index (χ0v) is 17.5. The molecule has 1 aliphatic heterocycles. The molecule has 4 rings (SSSR count). The Morgan fingerprint density at radius 2 is 1.61 bits per heavy atom. The van der Waals surface area contributed by atoms with Gasteiger partial charge >= 0.3 is 6.09 Å². The van der Waals surface area contributed by atoms with Crippen molar-refractivity contribution in [1.82, 2.24) is 0 Å². The van der Waals surface area contributed by atoms with Crippen molar-refractivity contribution in [1.29, 1.82) is 0 Å². The third-order valence-electron chi connectivity index (χ3n) is 5.83. The van der Waals surface area contributed by atoms with Crippen LogP contribution in [0, 0.1) is 23.3 Å². The largest absolute Gasteiger partial charge is 0.438 e. The van der Waals surface area contributed by atoms with Crippen molar-refractivity contribution in [3.8, 4) is 11.1 Å². The van der Waals surface area contributed by atoms with Crippen LogP contribution in [0.3, 0.4) is 0 Å². The zero-order valence-electron chi connectivity index (χ0n) is 17.5. The predicted octanol–water partition coefficient (Wildman–Crippen LogP) is 5.92. The van der Waals surface area contributed by atoms with E-state index in [1.165, 1.54) is 29.2 Å². The van der Waals surface area contributed by atoms with Crippen LogP contribution in [-0.2, 0) is 10.3 Å². The number of amides is 1. The molecular formula is C25H21F4NO3. The summed E-state index contributed by atoms with van der Waals surface area (Å²) in [5.74, 6) is -2.86. The quantitative estimate of drug-likeness (QED) is 0.465. The summed E-state index contributed by atoms with van der Waals surface area (Å²) in [5.41, 5.74) is -0.401. The molecule has 0 spiro atoms. The SMILES string of the molecule is O=C1OC(CCCO)(c2ccc(F)cc2)CCN1c1ccc(F)c(-c2ccc(F)cc2F)c1. The lowest BCUT2D eigenvalue weighted by Gasteiger charge is -2.41. The third kappa shape index (κ3) is 4.57. The summed E-state index contributed by atoms with van der Waals surface area (Å²) in [6.07, 6.45) is 0.335. The molecule has 33 heavy (non-hydrogen) atoms. The monoisotopic (exact) mass is 459 g/mol. The Balaban J connectivity index is 1.64. The van der Waals surface area contributed by atoms with Gasteiger partial charge in [-0.2, -0.15) is 0 Å². The van der Waals surface area contributed by atoms with Crippen molar-refractivity contribution in [3.63, 3.8) is 0 Å². The Kier molecular flexibility index (Phi) is 6.37. The van der Waals surface area contributed by atoms with Crippen LogP contribution >= 0.6 is 0 Å². The molecular weight excluding hydrogens is 438 g/mol. The maximum atomic E-state index is 14.5. The molecule has 0 aromatic heterocycles. The Bertz CT molecular complexity index is 1170. The van der Waals surface area contributed by atoms with Gasteiger partial charge in [0, 0.05) is 42.5 Å². The second-order valence-corrected chi connectivity index (χ2v) is 7.89. The summed E-state index contributed by atoms with van der Waals surface area (Å²) in [6, 6.07) is 12.3. The van der Waals surface area contributed by atoms with Gasteiger partial charge in [0.15, 0.2) is 0 Å². The molecule has 3 aromatic carbocycles. The molecule has 4 nitrogen and oxygen atoms in total. The minimum absolute atomic E-state index is 0.102. The molecule has 0 saturated carbocycles. The number of nitrogens with zero attached hydrogens (tertiary/aromatic N) is 1. The van der Waals surface area contributed by atoms with Gasteiger partial charge in [-0.15, -0.1) is 0 Å². The van der Waals surface area contributed by atoms with Gasteiger partial charge in [-0.05, 0) is 60.9 Å². The number of rotatable bonds is 6. The molecule has 0 bridgehead atoms. The fourth-order valence-corrected chi connectivity index (χ4v) is 4.13. The number of carbonyl (C=O) groups is 1. The maximum Gasteiger partial charge on any atom is 0.415 e. The number of anilines is 1. The lowest BCUT2D eigenvalue weighted by Crippen LogP contribution is -2.48. The van der Waals surface area contributed by atoms with E-state index < -0.39 is 35.0 Å². The first-order chi connectivity index (χ1) is 15.8. The topological polar surface area (TPSA) is 49.8 Å². The van der Waals surface area contributed by atoms with E-state index in [1.54, 1.807) is 12.1 Å². The van der Waals surface area contributed by atoms with Gasteiger partial charge in [0.25, 0.3) is 0 Å². The van der Waals surface area contributed by atoms with Crippen LogP contribution in [0.1, 0.15) is 24.8 Å². The normalized spacial score (nSPS) is 18.3. The van der Waals surface area contributed by atoms with Crippen LogP contribution in [0.5, 0.6) is 0 Å². The highest BCUT2D eigenvalue weighted by molar-refractivity contribution is 5.90. The smallest absolute Gasteiger partial charge is 0.415 e. The first kappa shape index (κ1) is 22.8. The van der Waals surface area contributed by atoms with Gasteiger partial charge in [0.05, 0.1) is 0 Å². The van der Waals surface area contributed by atoms with Gasteiger partial charge in [-0.25, -0.2) is 22.4 Å². The fourth-order valence-electron chi connectivity index (χ4n) is 4.13. The fraction of sp³-hybridized carbons (Fsp3) is 0.240. The lowest BCUT2D eigenvalue weighted by molar-refractivity contribution is -0.0198. The number of halogens is 4. The molecule has 1 fully saturated rings. The summed E-state index contributed by atoms with van der Waals surface area (Å²) in [7, 11) is 0. The molecule has 172 valence electrons. The highest BCUT2D eigenvalue weighted by Gasteiger charge is 2.42. The summed E-state index contributed by atoms with van der Waals surface area (Å²) >= 11 is 0. The molecule has 1 N–H and O–H groups in total. The summed E-state index contributed by atoms with van der Waals surface area (Å²) in [4.78, 5) is 14.3. The van der Waals surface area contributed by atoms with E-state index in [0.717, 1.165) is 18.2 Å². The van der Waals surface area contributed by atoms with Gasteiger partial charge in [0.1, 0.15) is 28.9 Å². The number of aliphatic hydroxyl groups excluding tert-OH is 1. The van der Waals surface area contributed by atoms with Gasteiger partial charge in [-0.1, -0.05) is 12.1 Å². The number of cyclic esters (lactones) is 1. The molecule has 1 heterocycles. The van der Waals surface area contributed by atoms with Gasteiger partial charge in [-0.3, -0.25) is 4.90 Å². The number of aliphatic hydroxyl groups is 1. The van der Waals surface area contributed by atoms with E-state index in [2.05, 4.69) is 0 Å². The molecule has 1 aliphatic rings. The van der Waals surface area contributed by atoms with E-state index in [0.29, 0.717) is 30.9 Å². The standard InChI is InChI=1S/C25H21F4NO3/c26-17-4-2-16(3-5-17)25(10-1-13-31)11-12-30(24(32)33-25)19-7-9-22(28)21(15-19)20-8-6-18(27)14-23(20)29/h2-9,14-15,31H,1,10-13H2. The molecule has 1 atom stereocenters. The summed E-state index contributed by atoms with van der Waals surface area (Å²) in [6.45, 7) is 0.0907. The summed E-state index contributed by atoms with van der Waals surface area (Å²) < 4.78 is 61.2. The molecule has 8 heteroatoms. The highest BCUT2D eigenvalue weighted by atomic mass is 19.1. The molecule has 3 aromatic rings. The average molecular weight is 459 g/mol. The van der Waals surface area contributed by atoms with Crippen LogP contribution in [0.4, 0.5) is 28.0 Å². The van der Waals surface area contributed by atoms with E-state index >= 15 is 0 Å². The Morgan fingerprint density at radius 3 is 2.27 bits per heavy atom. The highest BCUT2D eigenvalue weighted by Crippen LogP contribution is 2.40. The maximum absolute atomic E-state index is 14.5. The Labute approximate surface area is 188 Å². The molecule has 0 aliphatic carbocycles. The molecule has 1 saturated heterocycles. The minimum Gasteiger partial charge on any atom is -0.438 e. The van der Waals surface area contributed by atoms with Crippen LogP contribution < -0.4 is 4.90 Å². The van der Waals surface area contributed by atoms with E-state index in [-0.39, 0.29) is 30.0 Å². The van der Waals surface area contributed by atoms with Crippen molar-refractivity contribution >= 4 is 11.8 Å². The van der Waals surface area contributed by atoms with E-state index in [9.17, 15) is 27.5 Å².